The van der Waals surface area contributed by atoms with Crippen LogP contribution in [0.1, 0.15) is 22.8 Å². The van der Waals surface area contributed by atoms with Crippen molar-refractivity contribution in [2.45, 2.75) is 20.0 Å². The molecule has 0 aliphatic rings. The highest BCUT2D eigenvalue weighted by molar-refractivity contribution is 6.00. The fourth-order valence-corrected chi connectivity index (χ4v) is 2.04. The summed E-state index contributed by atoms with van der Waals surface area (Å²) in [6.07, 6.45) is -0.935. The molecule has 0 amide bonds. The number of hydrogen-bond acceptors (Lipinski definition) is 6. The number of Topliss-reactive ketones (excluding diaryl/α,β-unsaturated/α-hetero) is 1. The van der Waals surface area contributed by atoms with Crippen molar-refractivity contribution in [1.29, 1.82) is 0 Å². The first-order valence-electron chi connectivity index (χ1n) is 7.54. The highest BCUT2D eigenvalue weighted by Crippen LogP contribution is 2.17. The van der Waals surface area contributed by atoms with Gasteiger partial charge in [0, 0.05) is 17.7 Å². The number of esters is 1. The third-order valence-corrected chi connectivity index (χ3v) is 3.42. The zero-order valence-electron chi connectivity index (χ0n) is 13.8. The summed E-state index contributed by atoms with van der Waals surface area (Å²) in [6, 6.07) is 12.3. The molecular formula is C18H17NO6. The number of ketones is 1. The molecule has 0 spiro atoms. The van der Waals surface area contributed by atoms with Crippen molar-refractivity contribution in [3.05, 3.63) is 69.8 Å². The van der Waals surface area contributed by atoms with Crippen LogP contribution in [0.3, 0.4) is 0 Å². The van der Waals surface area contributed by atoms with Crippen LogP contribution in [0.2, 0.25) is 0 Å². The van der Waals surface area contributed by atoms with Crippen LogP contribution < -0.4 is 4.74 Å². The second-order valence-electron chi connectivity index (χ2n) is 5.40. The van der Waals surface area contributed by atoms with E-state index in [2.05, 4.69) is 0 Å². The average molecular weight is 343 g/mol. The third-order valence-electron chi connectivity index (χ3n) is 3.42. The summed E-state index contributed by atoms with van der Waals surface area (Å²) in [5, 5.41) is 10.6. The fourth-order valence-electron chi connectivity index (χ4n) is 2.04. The summed E-state index contributed by atoms with van der Waals surface area (Å²) in [6.45, 7) is 3.00. The van der Waals surface area contributed by atoms with E-state index in [1.54, 1.807) is 24.3 Å². The molecule has 0 aliphatic heterocycles. The minimum Gasteiger partial charge on any atom is -0.482 e. The Bertz CT molecular complexity index is 767. The number of nitro benzene ring substituents is 1. The van der Waals surface area contributed by atoms with Gasteiger partial charge in [0.15, 0.2) is 12.7 Å². The highest BCUT2D eigenvalue weighted by atomic mass is 16.6. The molecule has 2 rings (SSSR count). The lowest BCUT2D eigenvalue weighted by molar-refractivity contribution is -0.384. The maximum absolute atomic E-state index is 12.2. The molecule has 0 heterocycles. The molecule has 0 fully saturated rings. The first-order chi connectivity index (χ1) is 11.9. The Morgan fingerprint density at radius 2 is 1.68 bits per heavy atom. The van der Waals surface area contributed by atoms with Gasteiger partial charge < -0.3 is 9.47 Å². The molecule has 0 N–H and O–H groups in total. The molecule has 25 heavy (non-hydrogen) atoms. The minimum absolute atomic E-state index is 0.0766. The van der Waals surface area contributed by atoms with E-state index in [0.717, 1.165) is 5.56 Å². The largest absolute Gasteiger partial charge is 0.482 e. The van der Waals surface area contributed by atoms with Gasteiger partial charge in [-0.25, -0.2) is 4.79 Å². The van der Waals surface area contributed by atoms with Crippen LogP contribution in [0, 0.1) is 17.0 Å². The van der Waals surface area contributed by atoms with E-state index in [-0.39, 0.29) is 11.5 Å². The van der Waals surface area contributed by atoms with Crippen LogP contribution in [0.4, 0.5) is 5.69 Å². The number of nitro groups is 1. The maximum atomic E-state index is 12.2. The lowest BCUT2D eigenvalue weighted by Crippen LogP contribution is -2.27. The second-order valence-corrected chi connectivity index (χ2v) is 5.40. The Kier molecular flexibility index (Phi) is 5.84. The smallest absolute Gasteiger partial charge is 0.344 e. The van der Waals surface area contributed by atoms with Crippen LogP contribution in [0.25, 0.3) is 0 Å². The molecule has 0 radical (unpaired) electrons. The molecule has 2 aromatic rings. The monoisotopic (exact) mass is 343 g/mol. The fraction of sp³-hybridized carbons (Fsp3) is 0.222. The highest BCUT2D eigenvalue weighted by Gasteiger charge is 2.19. The number of carbonyl (C=O) groups is 2. The molecule has 7 nitrogen and oxygen atoms in total. The quantitative estimate of drug-likeness (QED) is 0.332. The van der Waals surface area contributed by atoms with Gasteiger partial charge in [-0.15, -0.1) is 0 Å². The van der Waals surface area contributed by atoms with Crippen molar-refractivity contribution >= 4 is 17.4 Å². The average Bonchev–Trinajstić information content (AvgIpc) is 2.60. The number of ether oxygens (including phenoxy) is 2. The van der Waals surface area contributed by atoms with Crippen molar-refractivity contribution < 1.29 is 24.0 Å². The summed E-state index contributed by atoms with van der Waals surface area (Å²) in [5.41, 5.74) is 1.41. The molecule has 0 aliphatic carbocycles. The first-order valence-corrected chi connectivity index (χ1v) is 7.54. The van der Waals surface area contributed by atoms with Gasteiger partial charge in [-0.3, -0.25) is 14.9 Å². The van der Waals surface area contributed by atoms with Crippen LogP contribution in [0.15, 0.2) is 48.5 Å². The van der Waals surface area contributed by atoms with Gasteiger partial charge >= 0.3 is 5.97 Å². The van der Waals surface area contributed by atoms with E-state index in [1.165, 1.54) is 31.2 Å². The van der Waals surface area contributed by atoms with Gasteiger partial charge in [-0.1, -0.05) is 29.8 Å². The summed E-state index contributed by atoms with van der Waals surface area (Å²) in [4.78, 5) is 34.0. The number of aryl methyl sites for hydroxylation is 1. The Balaban J connectivity index is 1.85. The molecule has 0 saturated heterocycles. The molecule has 7 heteroatoms. The van der Waals surface area contributed by atoms with E-state index in [9.17, 15) is 19.7 Å². The Morgan fingerprint density at radius 1 is 1.08 bits per heavy atom. The van der Waals surface area contributed by atoms with E-state index >= 15 is 0 Å². The SMILES string of the molecule is Cc1ccc(C(=O)[C@H](C)OC(=O)COc2ccc([N+](=O)[O-])cc2)cc1. The summed E-state index contributed by atoms with van der Waals surface area (Å²) >= 11 is 0. The van der Waals surface area contributed by atoms with Crippen LogP contribution in [0.5, 0.6) is 5.75 Å². The topological polar surface area (TPSA) is 95.7 Å². The van der Waals surface area contributed by atoms with Gasteiger partial charge in [0.2, 0.25) is 5.78 Å². The van der Waals surface area contributed by atoms with Crippen molar-refractivity contribution in [2.75, 3.05) is 6.61 Å². The summed E-state index contributed by atoms with van der Waals surface area (Å²) < 4.78 is 10.3. The Labute approximate surface area is 144 Å². The van der Waals surface area contributed by atoms with Crippen molar-refractivity contribution in [1.82, 2.24) is 0 Å². The number of hydrogen-bond donors (Lipinski definition) is 0. The molecular weight excluding hydrogens is 326 g/mol. The number of benzene rings is 2. The Hall–Kier alpha value is -3.22. The first kappa shape index (κ1) is 18.1. The van der Waals surface area contributed by atoms with Gasteiger partial charge in [-0.2, -0.15) is 0 Å². The normalized spacial score (nSPS) is 11.4. The molecule has 0 aromatic heterocycles. The number of rotatable bonds is 7. The lowest BCUT2D eigenvalue weighted by atomic mass is 10.1. The van der Waals surface area contributed by atoms with E-state index < -0.39 is 23.6 Å². The van der Waals surface area contributed by atoms with Crippen LogP contribution in [-0.4, -0.2) is 29.4 Å². The van der Waals surface area contributed by atoms with E-state index in [0.29, 0.717) is 11.3 Å². The standard InChI is InChI=1S/C18H17NO6/c1-12-3-5-14(6-4-12)18(21)13(2)25-17(20)11-24-16-9-7-15(8-10-16)19(22)23/h3-10,13H,11H2,1-2H3/t13-/m0/s1. The molecule has 0 unspecified atom stereocenters. The number of non-ortho nitro benzene ring substituents is 1. The van der Waals surface area contributed by atoms with Gasteiger partial charge in [0.05, 0.1) is 4.92 Å². The summed E-state index contributed by atoms with van der Waals surface area (Å²) in [7, 11) is 0. The van der Waals surface area contributed by atoms with Gasteiger partial charge in [0.25, 0.3) is 5.69 Å². The summed E-state index contributed by atoms with van der Waals surface area (Å²) in [5.74, 6) is -0.713. The molecule has 130 valence electrons. The molecule has 0 saturated carbocycles. The maximum Gasteiger partial charge on any atom is 0.344 e. The second kappa shape index (κ2) is 8.05. The van der Waals surface area contributed by atoms with Gasteiger partial charge in [0.1, 0.15) is 5.75 Å². The minimum atomic E-state index is -0.935. The number of nitrogens with zero attached hydrogens (tertiary/aromatic N) is 1. The predicted molar refractivity (Wildman–Crippen MR) is 89.7 cm³/mol. The molecule has 2 aromatic carbocycles. The molecule has 1 atom stereocenters. The Morgan fingerprint density at radius 3 is 2.24 bits per heavy atom. The van der Waals surface area contributed by atoms with Crippen LogP contribution >= 0.6 is 0 Å². The lowest BCUT2D eigenvalue weighted by Gasteiger charge is -2.13. The van der Waals surface area contributed by atoms with Crippen molar-refractivity contribution in [3.8, 4) is 5.75 Å². The molecule has 0 bridgehead atoms. The zero-order chi connectivity index (χ0) is 18.4. The third kappa shape index (κ3) is 5.13. The van der Waals surface area contributed by atoms with Gasteiger partial charge in [-0.05, 0) is 26.0 Å². The number of carbonyl (C=O) groups excluding carboxylic acids is 2. The zero-order valence-corrected chi connectivity index (χ0v) is 13.8. The van der Waals surface area contributed by atoms with Crippen molar-refractivity contribution in [2.24, 2.45) is 0 Å². The van der Waals surface area contributed by atoms with Crippen molar-refractivity contribution in [3.63, 3.8) is 0 Å². The van der Waals surface area contributed by atoms with Crippen LogP contribution in [-0.2, 0) is 9.53 Å². The predicted octanol–water partition coefficient (Wildman–Crippen LogP) is 3.10. The van der Waals surface area contributed by atoms with E-state index in [1.807, 2.05) is 6.92 Å². The van der Waals surface area contributed by atoms with E-state index in [4.69, 9.17) is 9.47 Å².